The number of hydrogen-bond acceptors (Lipinski definition) is 6. The summed E-state index contributed by atoms with van der Waals surface area (Å²) in [6.45, 7) is 2.96. The molecule has 0 heterocycles. The van der Waals surface area contributed by atoms with E-state index in [4.69, 9.17) is 16.3 Å². The lowest BCUT2D eigenvalue weighted by Crippen LogP contribution is -2.43. The van der Waals surface area contributed by atoms with E-state index in [1.54, 1.807) is 6.92 Å². The van der Waals surface area contributed by atoms with Crippen LogP contribution in [0.3, 0.4) is 0 Å². The van der Waals surface area contributed by atoms with Crippen molar-refractivity contribution in [2.24, 2.45) is 0 Å². The first kappa shape index (κ1) is 16.2. The second-order valence-electron chi connectivity index (χ2n) is 4.27. The van der Waals surface area contributed by atoms with Gasteiger partial charge in [-0.3, -0.25) is 10.1 Å². The maximum atomic E-state index is 11.5. The molecule has 7 nitrogen and oxygen atoms in total. The molecule has 8 heteroatoms. The number of carbonyl (C=O) groups excluding carboxylic acids is 1. The predicted molar refractivity (Wildman–Crippen MR) is 73.9 cm³/mol. The minimum absolute atomic E-state index is 0.124. The standard InChI is InChI=1S/C12H15ClN2O5/c1-3-20-11(16)12(2,17)7-14-10-5-4-8(15(18)19)6-9(10)13/h4-6,14,17H,3,7H2,1-2H3. The van der Waals surface area contributed by atoms with Crippen LogP contribution in [-0.4, -0.2) is 34.8 Å². The van der Waals surface area contributed by atoms with Crippen LogP contribution in [0.1, 0.15) is 13.8 Å². The summed E-state index contributed by atoms with van der Waals surface area (Å²) >= 11 is 5.88. The summed E-state index contributed by atoms with van der Waals surface area (Å²) in [5.74, 6) is -0.759. The van der Waals surface area contributed by atoms with E-state index in [0.29, 0.717) is 5.69 Å². The molecular weight excluding hydrogens is 288 g/mol. The third-order valence-electron chi connectivity index (χ3n) is 2.50. The number of hydrogen-bond donors (Lipinski definition) is 2. The number of nitro benzene ring substituents is 1. The summed E-state index contributed by atoms with van der Waals surface area (Å²) in [5.41, 5.74) is -1.49. The number of non-ortho nitro benzene ring substituents is 1. The van der Waals surface area contributed by atoms with Crippen LogP contribution in [0.5, 0.6) is 0 Å². The number of nitrogens with one attached hydrogen (secondary N) is 1. The van der Waals surface area contributed by atoms with Gasteiger partial charge < -0.3 is 15.2 Å². The highest BCUT2D eigenvalue weighted by molar-refractivity contribution is 6.33. The fraction of sp³-hybridized carbons (Fsp3) is 0.417. The number of aliphatic hydroxyl groups is 1. The molecule has 0 aromatic heterocycles. The lowest BCUT2D eigenvalue weighted by atomic mass is 10.1. The smallest absolute Gasteiger partial charge is 0.339 e. The van der Waals surface area contributed by atoms with Crippen LogP contribution >= 0.6 is 11.6 Å². The van der Waals surface area contributed by atoms with E-state index in [1.807, 2.05) is 0 Å². The molecule has 0 aliphatic rings. The van der Waals surface area contributed by atoms with E-state index in [-0.39, 0.29) is 23.9 Å². The number of nitrogens with zero attached hydrogens (tertiary/aromatic N) is 1. The van der Waals surface area contributed by atoms with Crippen molar-refractivity contribution in [3.8, 4) is 0 Å². The maximum absolute atomic E-state index is 11.5. The highest BCUT2D eigenvalue weighted by atomic mass is 35.5. The van der Waals surface area contributed by atoms with Gasteiger partial charge in [0.2, 0.25) is 0 Å². The fourth-order valence-electron chi connectivity index (χ4n) is 1.39. The van der Waals surface area contributed by atoms with E-state index in [0.717, 1.165) is 0 Å². The first-order chi connectivity index (χ1) is 9.27. The maximum Gasteiger partial charge on any atom is 0.339 e. The molecule has 1 unspecified atom stereocenters. The molecule has 110 valence electrons. The molecule has 1 atom stereocenters. The Balaban J connectivity index is 2.75. The SMILES string of the molecule is CCOC(=O)C(C)(O)CNc1ccc([N+](=O)[O-])cc1Cl. The molecule has 0 saturated heterocycles. The first-order valence-corrected chi connectivity index (χ1v) is 6.23. The Hall–Kier alpha value is -1.86. The Kier molecular flexibility index (Phi) is 5.29. The summed E-state index contributed by atoms with van der Waals surface area (Å²) < 4.78 is 4.72. The van der Waals surface area contributed by atoms with Crippen LogP contribution in [0.4, 0.5) is 11.4 Å². The number of esters is 1. The van der Waals surface area contributed by atoms with Gasteiger partial charge in [0.1, 0.15) is 0 Å². The van der Waals surface area contributed by atoms with E-state index >= 15 is 0 Å². The summed E-state index contributed by atoms with van der Waals surface area (Å²) in [6, 6.07) is 3.86. The number of nitro groups is 1. The molecule has 0 bridgehead atoms. The lowest BCUT2D eigenvalue weighted by molar-refractivity contribution is -0.384. The number of rotatable bonds is 6. The van der Waals surface area contributed by atoms with Gasteiger partial charge in [0.25, 0.3) is 5.69 Å². The van der Waals surface area contributed by atoms with Gasteiger partial charge in [-0.25, -0.2) is 4.79 Å². The average molecular weight is 303 g/mol. The largest absolute Gasteiger partial charge is 0.464 e. The summed E-state index contributed by atoms with van der Waals surface area (Å²) in [4.78, 5) is 21.5. The van der Waals surface area contributed by atoms with Gasteiger partial charge in [0.05, 0.1) is 28.8 Å². The van der Waals surface area contributed by atoms with Gasteiger partial charge in [-0.05, 0) is 19.9 Å². The van der Waals surface area contributed by atoms with E-state index < -0.39 is 16.5 Å². The highest BCUT2D eigenvalue weighted by Crippen LogP contribution is 2.27. The topological polar surface area (TPSA) is 102 Å². The lowest BCUT2D eigenvalue weighted by Gasteiger charge is -2.22. The van der Waals surface area contributed by atoms with E-state index in [2.05, 4.69) is 5.32 Å². The van der Waals surface area contributed by atoms with Crippen molar-refractivity contribution in [1.29, 1.82) is 0 Å². The monoisotopic (exact) mass is 302 g/mol. The van der Waals surface area contributed by atoms with Crippen molar-refractivity contribution in [3.63, 3.8) is 0 Å². The quantitative estimate of drug-likeness (QED) is 0.473. The van der Waals surface area contributed by atoms with E-state index in [9.17, 15) is 20.0 Å². The van der Waals surface area contributed by atoms with Crippen LogP contribution in [-0.2, 0) is 9.53 Å². The van der Waals surface area contributed by atoms with Crippen LogP contribution < -0.4 is 5.32 Å². The van der Waals surface area contributed by atoms with Crippen molar-refractivity contribution in [2.45, 2.75) is 19.4 Å². The normalized spacial score (nSPS) is 13.4. The molecule has 2 N–H and O–H groups in total. The number of anilines is 1. The molecule has 0 fully saturated rings. The molecule has 0 aliphatic heterocycles. The van der Waals surface area contributed by atoms with Crippen LogP contribution in [0.2, 0.25) is 5.02 Å². The molecule has 0 saturated carbocycles. The van der Waals surface area contributed by atoms with Crippen LogP contribution in [0.15, 0.2) is 18.2 Å². The Bertz CT molecular complexity index is 519. The third-order valence-corrected chi connectivity index (χ3v) is 2.81. The zero-order chi connectivity index (χ0) is 15.3. The van der Waals surface area contributed by atoms with Crippen molar-refractivity contribution in [1.82, 2.24) is 0 Å². The molecular formula is C12H15ClN2O5. The van der Waals surface area contributed by atoms with Crippen LogP contribution in [0.25, 0.3) is 0 Å². The molecule has 1 aromatic rings. The van der Waals surface area contributed by atoms with Gasteiger partial charge in [-0.1, -0.05) is 11.6 Å². The second-order valence-corrected chi connectivity index (χ2v) is 4.68. The van der Waals surface area contributed by atoms with Crippen molar-refractivity contribution < 1.29 is 19.6 Å². The summed E-state index contributed by atoms with van der Waals surface area (Å²) in [6.07, 6.45) is 0. The number of halogens is 1. The molecule has 0 radical (unpaired) electrons. The van der Waals surface area contributed by atoms with Gasteiger partial charge in [0, 0.05) is 12.1 Å². The number of carbonyl (C=O) groups is 1. The Morgan fingerprint density at radius 1 is 1.60 bits per heavy atom. The van der Waals surface area contributed by atoms with Crippen LogP contribution in [0, 0.1) is 10.1 Å². The van der Waals surface area contributed by atoms with Crippen molar-refractivity contribution in [3.05, 3.63) is 33.3 Å². The minimum atomic E-state index is -1.72. The molecule has 1 aromatic carbocycles. The molecule has 1 rings (SSSR count). The Labute approximate surface area is 120 Å². The molecule has 0 aliphatic carbocycles. The number of benzene rings is 1. The van der Waals surface area contributed by atoms with Gasteiger partial charge >= 0.3 is 5.97 Å². The average Bonchev–Trinajstić information content (AvgIpc) is 2.37. The zero-order valence-electron chi connectivity index (χ0n) is 11.1. The van der Waals surface area contributed by atoms with Gasteiger partial charge in [0.15, 0.2) is 5.60 Å². The first-order valence-electron chi connectivity index (χ1n) is 5.85. The Morgan fingerprint density at radius 3 is 2.75 bits per heavy atom. The molecule has 20 heavy (non-hydrogen) atoms. The van der Waals surface area contributed by atoms with Crippen molar-refractivity contribution in [2.75, 3.05) is 18.5 Å². The Morgan fingerprint density at radius 2 is 2.25 bits per heavy atom. The third kappa shape index (κ3) is 4.07. The highest BCUT2D eigenvalue weighted by Gasteiger charge is 2.31. The number of ether oxygens (including phenoxy) is 1. The van der Waals surface area contributed by atoms with E-state index in [1.165, 1.54) is 25.1 Å². The van der Waals surface area contributed by atoms with Gasteiger partial charge in [-0.2, -0.15) is 0 Å². The fourth-order valence-corrected chi connectivity index (χ4v) is 1.63. The zero-order valence-corrected chi connectivity index (χ0v) is 11.8. The summed E-state index contributed by atoms with van der Waals surface area (Å²) in [5, 5.41) is 23.4. The molecule has 0 spiro atoms. The molecule has 0 amide bonds. The van der Waals surface area contributed by atoms with Gasteiger partial charge in [-0.15, -0.1) is 0 Å². The summed E-state index contributed by atoms with van der Waals surface area (Å²) in [7, 11) is 0. The predicted octanol–water partition coefficient (Wildman–Crippen LogP) is 1.97. The van der Waals surface area contributed by atoms with Crippen molar-refractivity contribution >= 4 is 28.9 Å². The second kappa shape index (κ2) is 6.53. The minimum Gasteiger partial charge on any atom is -0.464 e.